The predicted octanol–water partition coefficient (Wildman–Crippen LogP) is 2.00. The van der Waals surface area contributed by atoms with Gasteiger partial charge in [0.15, 0.2) is 5.58 Å². The summed E-state index contributed by atoms with van der Waals surface area (Å²) in [5.41, 5.74) is 1.16. The minimum absolute atomic E-state index is 0.301. The third kappa shape index (κ3) is 1.80. The van der Waals surface area contributed by atoms with Crippen LogP contribution in [0, 0.1) is 9.85 Å². The Labute approximate surface area is 105 Å². The van der Waals surface area contributed by atoms with E-state index in [0.717, 1.165) is 0 Å². The number of oxazole rings is 1. The van der Waals surface area contributed by atoms with Crippen molar-refractivity contribution in [3.8, 4) is 15.6 Å². The quantitative estimate of drug-likeness (QED) is 0.625. The zero-order chi connectivity index (χ0) is 11.5. The van der Waals surface area contributed by atoms with Crippen LogP contribution in [-0.2, 0) is 6.54 Å². The average Bonchev–Trinajstić information content (AvgIpc) is 2.62. The molecule has 5 heteroatoms. The van der Waals surface area contributed by atoms with E-state index in [1.54, 1.807) is 25.3 Å². The van der Waals surface area contributed by atoms with E-state index in [9.17, 15) is 4.79 Å². The molecule has 0 spiro atoms. The first-order chi connectivity index (χ1) is 7.77. The molecule has 0 unspecified atom stereocenters. The number of hydrogen-bond acceptors (Lipinski definition) is 3. The predicted molar refractivity (Wildman–Crippen MR) is 68.8 cm³/mol. The van der Waals surface area contributed by atoms with Gasteiger partial charge in [0.2, 0.25) is 0 Å². The van der Waals surface area contributed by atoms with Crippen LogP contribution in [-0.4, -0.2) is 11.7 Å². The Morgan fingerprint density at radius 2 is 2.38 bits per heavy atom. The maximum absolute atomic E-state index is 11.6. The van der Waals surface area contributed by atoms with Gasteiger partial charge in [0.1, 0.15) is 11.3 Å². The van der Waals surface area contributed by atoms with E-state index in [1.807, 2.05) is 22.6 Å². The molecule has 2 rings (SSSR count). The molecular weight excluding hydrogens is 321 g/mol. The van der Waals surface area contributed by atoms with Crippen molar-refractivity contribution < 1.29 is 9.15 Å². The number of methoxy groups -OCH3 is 1. The first-order valence-electron chi connectivity index (χ1n) is 4.52. The number of para-hydroxylation sites is 1. The van der Waals surface area contributed by atoms with Gasteiger partial charge in [0.05, 0.1) is 13.7 Å². The molecule has 1 aromatic carbocycles. The Morgan fingerprint density at radius 3 is 3.06 bits per heavy atom. The van der Waals surface area contributed by atoms with Crippen LogP contribution in [0.5, 0.6) is 5.75 Å². The largest absolute Gasteiger partial charge is 0.494 e. The normalized spacial score (nSPS) is 9.88. The molecule has 0 atom stereocenters. The van der Waals surface area contributed by atoms with Crippen LogP contribution in [0.2, 0.25) is 0 Å². The second kappa shape index (κ2) is 4.61. The number of ether oxygens (including phenoxy) is 1. The molecule has 0 fully saturated rings. The fourth-order valence-corrected chi connectivity index (χ4v) is 1.68. The fraction of sp³-hybridized carbons (Fsp3) is 0.182. The molecule has 0 bridgehead atoms. The summed E-state index contributed by atoms with van der Waals surface area (Å²) in [6, 6.07) is 5.29. The first kappa shape index (κ1) is 11.1. The van der Waals surface area contributed by atoms with Crippen molar-refractivity contribution in [1.82, 2.24) is 4.57 Å². The Bertz CT molecular complexity index is 630. The maximum Gasteiger partial charge on any atom is 0.420 e. The first-order valence-corrected chi connectivity index (χ1v) is 5.60. The van der Waals surface area contributed by atoms with Crippen molar-refractivity contribution in [3.63, 3.8) is 0 Å². The molecule has 0 radical (unpaired) electrons. The molecule has 4 nitrogen and oxygen atoms in total. The van der Waals surface area contributed by atoms with Crippen molar-refractivity contribution >= 4 is 33.7 Å². The van der Waals surface area contributed by atoms with E-state index < -0.39 is 5.76 Å². The van der Waals surface area contributed by atoms with E-state index >= 15 is 0 Å². The van der Waals surface area contributed by atoms with Gasteiger partial charge in [0, 0.05) is 22.6 Å². The van der Waals surface area contributed by atoms with Gasteiger partial charge in [-0.05, 0) is 16.1 Å². The summed E-state index contributed by atoms with van der Waals surface area (Å²) in [6.07, 6.45) is 0. The van der Waals surface area contributed by atoms with Crippen molar-refractivity contribution in [2.75, 3.05) is 7.11 Å². The van der Waals surface area contributed by atoms with Crippen molar-refractivity contribution in [3.05, 3.63) is 28.7 Å². The number of rotatable bonds is 2. The topological polar surface area (TPSA) is 44.4 Å². The summed E-state index contributed by atoms with van der Waals surface area (Å²) < 4.78 is 14.5. The van der Waals surface area contributed by atoms with Gasteiger partial charge in [-0.2, -0.15) is 0 Å². The SMILES string of the molecule is COc1cccc2oc(=O)n(CC#CI)c12. The van der Waals surface area contributed by atoms with E-state index in [4.69, 9.17) is 9.15 Å². The molecule has 0 aliphatic heterocycles. The molecule has 82 valence electrons. The minimum atomic E-state index is -0.418. The van der Waals surface area contributed by atoms with E-state index in [2.05, 4.69) is 9.85 Å². The lowest BCUT2D eigenvalue weighted by Gasteiger charge is -2.02. The average molecular weight is 329 g/mol. The molecule has 0 aliphatic carbocycles. The summed E-state index contributed by atoms with van der Waals surface area (Å²) in [5.74, 6) is 3.01. The smallest absolute Gasteiger partial charge is 0.420 e. The van der Waals surface area contributed by atoms with Gasteiger partial charge in [-0.25, -0.2) is 4.79 Å². The highest BCUT2D eigenvalue weighted by Gasteiger charge is 2.12. The molecule has 0 saturated heterocycles. The minimum Gasteiger partial charge on any atom is -0.494 e. The van der Waals surface area contributed by atoms with Gasteiger partial charge < -0.3 is 9.15 Å². The van der Waals surface area contributed by atoms with Crippen molar-refractivity contribution in [2.45, 2.75) is 6.54 Å². The Morgan fingerprint density at radius 1 is 1.56 bits per heavy atom. The monoisotopic (exact) mass is 329 g/mol. The van der Waals surface area contributed by atoms with Crippen molar-refractivity contribution in [2.24, 2.45) is 0 Å². The maximum atomic E-state index is 11.6. The van der Waals surface area contributed by atoms with Gasteiger partial charge in [-0.1, -0.05) is 12.0 Å². The summed E-state index contributed by atoms with van der Waals surface area (Å²) in [7, 11) is 1.56. The van der Waals surface area contributed by atoms with Crippen LogP contribution in [0.3, 0.4) is 0 Å². The van der Waals surface area contributed by atoms with Crippen LogP contribution < -0.4 is 10.5 Å². The number of halogens is 1. The fourth-order valence-electron chi connectivity index (χ4n) is 1.51. The second-order valence-corrected chi connectivity index (χ2v) is 3.57. The number of aromatic nitrogens is 1. The summed E-state index contributed by atoms with van der Waals surface area (Å²) >= 11 is 1.93. The zero-order valence-electron chi connectivity index (χ0n) is 8.49. The van der Waals surface area contributed by atoms with Crippen LogP contribution in [0.4, 0.5) is 0 Å². The molecule has 1 heterocycles. The van der Waals surface area contributed by atoms with Crippen LogP contribution >= 0.6 is 22.6 Å². The second-order valence-electron chi connectivity index (χ2n) is 3.03. The van der Waals surface area contributed by atoms with Gasteiger partial charge in [-0.3, -0.25) is 4.57 Å². The number of nitrogens with zero attached hydrogens (tertiary/aromatic N) is 1. The van der Waals surface area contributed by atoms with Gasteiger partial charge in [-0.15, -0.1) is 0 Å². The van der Waals surface area contributed by atoms with E-state index in [1.165, 1.54) is 4.57 Å². The summed E-state index contributed by atoms with van der Waals surface area (Å²) in [4.78, 5) is 11.6. The van der Waals surface area contributed by atoms with Crippen molar-refractivity contribution in [1.29, 1.82) is 0 Å². The molecule has 1 aromatic heterocycles. The number of hydrogen-bond donors (Lipinski definition) is 0. The molecule has 2 aromatic rings. The highest BCUT2D eigenvalue weighted by molar-refractivity contribution is 14.1. The van der Waals surface area contributed by atoms with E-state index in [0.29, 0.717) is 23.4 Å². The van der Waals surface area contributed by atoms with E-state index in [-0.39, 0.29) is 0 Å². The van der Waals surface area contributed by atoms with Crippen LogP contribution in [0.25, 0.3) is 11.1 Å². The Kier molecular flexibility index (Phi) is 3.19. The molecule has 0 amide bonds. The molecule has 0 aliphatic rings. The zero-order valence-corrected chi connectivity index (χ0v) is 10.6. The standard InChI is InChI=1S/C11H8INO3/c1-15-8-4-2-5-9-10(8)13(7-3-6-12)11(14)16-9/h2,4-5H,7H2,1H3. The van der Waals surface area contributed by atoms with Gasteiger partial charge >= 0.3 is 5.76 Å². The third-order valence-corrected chi connectivity index (χ3v) is 2.55. The molecular formula is C11H8INO3. The van der Waals surface area contributed by atoms with Crippen LogP contribution in [0.15, 0.2) is 27.4 Å². The summed E-state index contributed by atoms with van der Waals surface area (Å²) in [5, 5.41) is 0. The lowest BCUT2D eigenvalue weighted by molar-refractivity contribution is 0.417. The molecule has 0 saturated carbocycles. The highest BCUT2D eigenvalue weighted by Crippen LogP contribution is 2.24. The highest BCUT2D eigenvalue weighted by atomic mass is 127. The lowest BCUT2D eigenvalue weighted by Crippen LogP contribution is -2.13. The molecule has 0 N–H and O–H groups in total. The molecule has 16 heavy (non-hydrogen) atoms. The van der Waals surface area contributed by atoms with Crippen LogP contribution in [0.1, 0.15) is 0 Å². The van der Waals surface area contributed by atoms with Gasteiger partial charge in [0.25, 0.3) is 0 Å². The third-order valence-electron chi connectivity index (χ3n) is 2.17. The lowest BCUT2D eigenvalue weighted by atomic mass is 10.3. The Hall–Kier alpha value is -1.42. The Balaban J connectivity index is 2.73. The number of benzene rings is 1. The number of fused-ring (bicyclic) bond motifs is 1. The summed E-state index contributed by atoms with van der Waals surface area (Å²) in [6.45, 7) is 0.301.